The van der Waals surface area contributed by atoms with E-state index in [-0.39, 0.29) is 18.2 Å². The van der Waals surface area contributed by atoms with Crippen LogP contribution >= 0.6 is 0 Å². The fourth-order valence-electron chi connectivity index (χ4n) is 2.14. The van der Waals surface area contributed by atoms with Crippen LogP contribution in [-0.2, 0) is 19.6 Å². The molecule has 2 N–H and O–H groups in total. The van der Waals surface area contributed by atoms with Crippen molar-refractivity contribution in [1.82, 2.24) is 4.72 Å². The maximum absolute atomic E-state index is 12.0. The topological polar surface area (TPSA) is 92.7 Å². The highest BCUT2D eigenvalue weighted by atomic mass is 32.2. The van der Waals surface area contributed by atoms with Gasteiger partial charge in [-0.1, -0.05) is 19.3 Å². The summed E-state index contributed by atoms with van der Waals surface area (Å²) < 4.78 is 31.4. The molecule has 1 aliphatic rings. The largest absolute Gasteiger partial charge is 0.481 e. The monoisotopic (exact) mass is 279 g/mol. The van der Waals surface area contributed by atoms with Crippen LogP contribution in [0.3, 0.4) is 0 Å². The summed E-state index contributed by atoms with van der Waals surface area (Å²) in [4.78, 5) is 10.5. The summed E-state index contributed by atoms with van der Waals surface area (Å²) >= 11 is 0. The lowest BCUT2D eigenvalue weighted by molar-refractivity contribution is -0.139. The van der Waals surface area contributed by atoms with Crippen LogP contribution in [0.1, 0.15) is 38.5 Å². The Morgan fingerprint density at radius 3 is 2.50 bits per heavy atom. The molecular weight excluding hydrogens is 258 g/mol. The smallest absolute Gasteiger partial charge is 0.306 e. The molecule has 1 atom stereocenters. The number of sulfonamides is 1. The molecule has 0 radical (unpaired) electrons. The first kappa shape index (κ1) is 15.4. The summed E-state index contributed by atoms with van der Waals surface area (Å²) in [6.07, 6.45) is 3.51. The molecule has 7 heteroatoms. The number of aliphatic carboxylic acids is 1. The molecule has 0 heterocycles. The number of carboxylic acids is 1. The third-order valence-electron chi connectivity index (χ3n) is 3.24. The summed E-state index contributed by atoms with van der Waals surface area (Å²) in [5.74, 6) is -1.00. The van der Waals surface area contributed by atoms with Crippen molar-refractivity contribution in [2.45, 2.75) is 49.9 Å². The van der Waals surface area contributed by atoms with Gasteiger partial charge in [-0.25, -0.2) is 13.1 Å². The van der Waals surface area contributed by atoms with Gasteiger partial charge in [0.2, 0.25) is 10.0 Å². The van der Waals surface area contributed by atoms with Gasteiger partial charge in [0.25, 0.3) is 0 Å². The first-order valence-corrected chi connectivity index (χ1v) is 7.73. The minimum absolute atomic E-state index is 0.0155. The van der Waals surface area contributed by atoms with Crippen LogP contribution in [0.15, 0.2) is 0 Å². The van der Waals surface area contributed by atoms with Gasteiger partial charge in [0.15, 0.2) is 0 Å². The predicted octanol–water partition coefficient (Wildman–Crippen LogP) is 0.728. The van der Waals surface area contributed by atoms with Crippen molar-refractivity contribution in [1.29, 1.82) is 0 Å². The maximum Gasteiger partial charge on any atom is 0.306 e. The summed E-state index contributed by atoms with van der Waals surface area (Å²) in [7, 11) is -1.97. The van der Waals surface area contributed by atoms with E-state index in [1.165, 1.54) is 7.11 Å². The average molecular weight is 279 g/mol. The van der Waals surface area contributed by atoms with Gasteiger partial charge in [-0.15, -0.1) is 0 Å². The van der Waals surface area contributed by atoms with Crippen LogP contribution < -0.4 is 4.72 Å². The van der Waals surface area contributed by atoms with Gasteiger partial charge >= 0.3 is 5.97 Å². The van der Waals surface area contributed by atoms with Gasteiger partial charge in [0.05, 0.1) is 17.8 Å². The predicted molar refractivity (Wildman–Crippen MR) is 66.8 cm³/mol. The fourth-order valence-corrected chi connectivity index (χ4v) is 3.74. The summed E-state index contributed by atoms with van der Waals surface area (Å²) in [5, 5.41) is 8.30. The quantitative estimate of drug-likeness (QED) is 0.716. The number of hydrogen-bond acceptors (Lipinski definition) is 4. The van der Waals surface area contributed by atoms with Gasteiger partial charge < -0.3 is 9.84 Å². The molecule has 1 saturated carbocycles. The van der Waals surface area contributed by atoms with E-state index in [9.17, 15) is 13.2 Å². The molecule has 1 fully saturated rings. The van der Waals surface area contributed by atoms with Crippen molar-refractivity contribution in [2.24, 2.45) is 0 Å². The normalized spacial score (nSPS) is 19.6. The Morgan fingerprint density at radius 1 is 1.39 bits per heavy atom. The maximum atomic E-state index is 12.0. The second kappa shape index (κ2) is 7.06. The van der Waals surface area contributed by atoms with Gasteiger partial charge in [0.1, 0.15) is 0 Å². The van der Waals surface area contributed by atoms with Crippen LogP contribution in [0, 0.1) is 0 Å². The minimum atomic E-state index is -3.35. The Bertz CT molecular complexity index is 362. The van der Waals surface area contributed by atoms with Crippen LogP contribution in [0.4, 0.5) is 0 Å². The van der Waals surface area contributed by atoms with Crippen molar-refractivity contribution in [3.8, 4) is 0 Å². The van der Waals surface area contributed by atoms with Gasteiger partial charge in [0, 0.05) is 13.7 Å². The Kier molecular flexibility index (Phi) is 6.04. The van der Waals surface area contributed by atoms with Crippen molar-refractivity contribution >= 4 is 16.0 Å². The van der Waals surface area contributed by atoms with E-state index < -0.39 is 22.1 Å². The first-order valence-electron chi connectivity index (χ1n) is 6.18. The molecule has 106 valence electrons. The van der Waals surface area contributed by atoms with Crippen LogP contribution in [0.2, 0.25) is 0 Å². The second-order valence-corrected chi connectivity index (χ2v) is 6.65. The molecule has 0 aromatic rings. The molecule has 0 aromatic heterocycles. The van der Waals surface area contributed by atoms with Crippen molar-refractivity contribution in [3.63, 3.8) is 0 Å². The SMILES string of the molecule is COC(CNS(=O)(=O)C1CCCCC1)CC(=O)O. The number of ether oxygens (including phenoxy) is 1. The van der Waals surface area contributed by atoms with Gasteiger partial charge in [-0.2, -0.15) is 0 Å². The van der Waals surface area contributed by atoms with E-state index in [1.54, 1.807) is 0 Å². The van der Waals surface area contributed by atoms with Crippen molar-refractivity contribution in [3.05, 3.63) is 0 Å². The van der Waals surface area contributed by atoms with E-state index in [0.29, 0.717) is 12.8 Å². The van der Waals surface area contributed by atoms with Crippen LogP contribution in [0.5, 0.6) is 0 Å². The average Bonchev–Trinajstić information content (AvgIpc) is 2.35. The first-order chi connectivity index (χ1) is 8.45. The highest BCUT2D eigenvalue weighted by molar-refractivity contribution is 7.90. The summed E-state index contributed by atoms with van der Waals surface area (Å²) in [6, 6.07) is 0. The molecule has 6 nitrogen and oxygen atoms in total. The standard InChI is InChI=1S/C11H21NO5S/c1-17-9(7-11(13)14)8-12-18(15,16)10-5-3-2-4-6-10/h9-10,12H,2-8H2,1H3,(H,13,14). The number of methoxy groups -OCH3 is 1. The number of carbonyl (C=O) groups is 1. The minimum Gasteiger partial charge on any atom is -0.481 e. The Labute approximate surface area is 108 Å². The number of nitrogens with one attached hydrogen (secondary N) is 1. The summed E-state index contributed by atoms with van der Waals surface area (Å²) in [5.41, 5.74) is 0. The number of hydrogen-bond donors (Lipinski definition) is 2. The van der Waals surface area contributed by atoms with Crippen LogP contribution in [-0.4, -0.2) is 44.5 Å². The van der Waals surface area contributed by atoms with Crippen molar-refractivity contribution < 1.29 is 23.1 Å². The molecule has 0 saturated heterocycles. The highest BCUT2D eigenvalue weighted by Gasteiger charge is 2.27. The zero-order valence-corrected chi connectivity index (χ0v) is 11.4. The molecule has 0 bridgehead atoms. The summed E-state index contributed by atoms with van der Waals surface area (Å²) in [6.45, 7) is 0.0155. The van der Waals surface area contributed by atoms with Gasteiger partial charge in [-0.3, -0.25) is 4.79 Å². The fraction of sp³-hybridized carbons (Fsp3) is 0.909. The van der Waals surface area contributed by atoms with E-state index in [2.05, 4.69) is 4.72 Å². The Balaban J connectivity index is 2.46. The molecule has 1 rings (SSSR count). The molecular formula is C11H21NO5S. The molecule has 1 unspecified atom stereocenters. The zero-order chi connectivity index (χ0) is 13.6. The van der Waals surface area contributed by atoms with Gasteiger partial charge in [-0.05, 0) is 12.8 Å². The highest BCUT2D eigenvalue weighted by Crippen LogP contribution is 2.22. The Hall–Kier alpha value is -0.660. The third kappa shape index (κ3) is 4.91. The number of rotatable bonds is 7. The zero-order valence-electron chi connectivity index (χ0n) is 10.6. The number of carboxylic acid groups (broad SMARTS) is 1. The third-order valence-corrected chi connectivity index (χ3v) is 5.16. The van der Waals surface area contributed by atoms with Crippen molar-refractivity contribution in [2.75, 3.05) is 13.7 Å². The van der Waals surface area contributed by atoms with E-state index in [0.717, 1.165) is 19.3 Å². The van der Waals surface area contributed by atoms with E-state index >= 15 is 0 Å². The lowest BCUT2D eigenvalue weighted by atomic mass is 10.0. The molecule has 0 aromatic carbocycles. The lowest BCUT2D eigenvalue weighted by Gasteiger charge is -2.23. The Morgan fingerprint density at radius 2 is 2.00 bits per heavy atom. The molecule has 18 heavy (non-hydrogen) atoms. The van der Waals surface area contributed by atoms with E-state index in [4.69, 9.17) is 9.84 Å². The molecule has 0 aliphatic heterocycles. The van der Waals surface area contributed by atoms with Crippen LogP contribution in [0.25, 0.3) is 0 Å². The molecule has 0 spiro atoms. The second-order valence-electron chi connectivity index (χ2n) is 4.61. The van der Waals surface area contributed by atoms with E-state index in [1.807, 2.05) is 0 Å². The lowest BCUT2D eigenvalue weighted by Crippen LogP contribution is -2.40. The molecule has 0 amide bonds. The molecule has 1 aliphatic carbocycles.